The highest BCUT2D eigenvalue weighted by Crippen LogP contribution is 2.30. The molecule has 0 atom stereocenters. The molecule has 0 unspecified atom stereocenters. The number of nitrogens with two attached hydrogens (primary N) is 2. The lowest BCUT2D eigenvalue weighted by atomic mass is 10.0. The van der Waals surface area contributed by atoms with Crippen molar-refractivity contribution in [1.82, 2.24) is 0 Å². The van der Waals surface area contributed by atoms with Crippen molar-refractivity contribution in [3.8, 4) is 22.6 Å². The van der Waals surface area contributed by atoms with E-state index < -0.39 is 0 Å². The number of benzene rings is 3. The number of aliphatic hydroxyl groups excluding tert-OH is 1. The van der Waals surface area contributed by atoms with Crippen molar-refractivity contribution in [3.05, 3.63) is 72.3 Å². The number of rotatable bonds is 9. The zero-order valence-electron chi connectivity index (χ0n) is 18.8. The second-order valence-corrected chi connectivity index (χ2v) is 7.78. The van der Waals surface area contributed by atoms with E-state index in [2.05, 4.69) is 38.1 Å². The molecule has 0 saturated heterocycles. The van der Waals surface area contributed by atoms with Crippen molar-refractivity contribution < 1.29 is 9.84 Å². The third-order valence-electron chi connectivity index (χ3n) is 5.01. The number of hydrogen-bond acceptors (Lipinski definition) is 4. The standard InChI is InChI=1S/C19H18N2O.C8H18O/c1-13-2-4-14(5-3-13)15-6-9-17(10-7-15)22-19-11-8-16(20)12-18(19)21;1-2-3-4-5-6-7-8-9/h2-12H,20-21H2,1H3;9H,2-8H2,1H3. The molecule has 0 aliphatic heterocycles. The molecule has 4 heteroatoms. The van der Waals surface area contributed by atoms with Gasteiger partial charge in [0, 0.05) is 12.3 Å². The van der Waals surface area contributed by atoms with Gasteiger partial charge in [-0.1, -0.05) is 81.0 Å². The Morgan fingerprint density at radius 2 is 1.32 bits per heavy atom. The zero-order valence-corrected chi connectivity index (χ0v) is 18.8. The Balaban J connectivity index is 0.000000323. The minimum absolute atomic E-state index is 0.367. The summed E-state index contributed by atoms with van der Waals surface area (Å²) in [4.78, 5) is 0. The topological polar surface area (TPSA) is 81.5 Å². The normalized spacial score (nSPS) is 10.3. The van der Waals surface area contributed by atoms with Gasteiger partial charge in [-0.25, -0.2) is 0 Å². The molecule has 5 N–H and O–H groups in total. The van der Waals surface area contributed by atoms with Crippen molar-refractivity contribution in [2.24, 2.45) is 0 Å². The minimum atomic E-state index is 0.367. The van der Waals surface area contributed by atoms with Crippen molar-refractivity contribution in [1.29, 1.82) is 0 Å². The van der Waals surface area contributed by atoms with E-state index in [1.807, 2.05) is 24.3 Å². The quantitative estimate of drug-likeness (QED) is 0.258. The molecular formula is C27H36N2O2. The van der Waals surface area contributed by atoms with Gasteiger partial charge >= 0.3 is 0 Å². The molecule has 0 bridgehead atoms. The van der Waals surface area contributed by atoms with E-state index in [1.54, 1.807) is 18.2 Å². The van der Waals surface area contributed by atoms with Crippen LogP contribution in [0.15, 0.2) is 66.7 Å². The second-order valence-electron chi connectivity index (χ2n) is 7.78. The number of aryl methyl sites for hydroxylation is 1. The van der Waals surface area contributed by atoms with Gasteiger partial charge in [0.1, 0.15) is 11.5 Å². The van der Waals surface area contributed by atoms with Crippen LogP contribution < -0.4 is 16.2 Å². The molecule has 4 nitrogen and oxygen atoms in total. The molecule has 0 fully saturated rings. The Morgan fingerprint density at radius 3 is 1.90 bits per heavy atom. The number of aliphatic hydroxyl groups is 1. The third-order valence-corrected chi connectivity index (χ3v) is 5.01. The predicted octanol–water partition coefficient (Wildman–Crippen LogP) is 6.96. The van der Waals surface area contributed by atoms with E-state index >= 15 is 0 Å². The van der Waals surface area contributed by atoms with Crippen LogP contribution in [0.3, 0.4) is 0 Å². The summed E-state index contributed by atoms with van der Waals surface area (Å²) in [6.45, 7) is 4.66. The summed E-state index contributed by atoms with van der Waals surface area (Å²) in [6, 6.07) is 21.6. The fourth-order valence-electron chi connectivity index (χ4n) is 3.14. The maximum atomic E-state index is 8.42. The second kappa shape index (κ2) is 13.3. The first-order valence-corrected chi connectivity index (χ1v) is 11.1. The molecule has 3 aromatic carbocycles. The van der Waals surface area contributed by atoms with Gasteiger partial charge < -0.3 is 21.3 Å². The summed E-state index contributed by atoms with van der Waals surface area (Å²) in [7, 11) is 0. The fraction of sp³-hybridized carbons (Fsp3) is 0.333. The highest BCUT2D eigenvalue weighted by atomic mass is 16.5. The zero-order chi connectivity index (χ0) is 22.5. The SMILES string of the molecule is CCCCCCCCO.Cc1ccc(-c2ccc(Oc3ccc(N)cc3N)cc2)cc1. The Hall–Kier alpha value is -2.98. The van der Waals surface area contributed by atoms with Crippen molar-refractivity contribution in [3.63, 3.8) is 0 Å². The molecule has 0 saturated carbocycles. The van der Waals surface area contributed by atoms with Crippen LogP contribution in [0.2, 0.25) is 0 Å². The van der Waals surface area contributed by atoms with E-state index in [9.17, 15) is 0 Å². The first-order chi connectivity index (χ1) is 15.0. The third kappa shape index (κ3) is 8.73. The first-order valence-electron chi connectivity index (χ1n) is 11.1. The lowest BCUT2D eigenvalue weighted by molar-refractivity contribution is 0.282. The molecule has 0 heterocycles. The molecule has 31 heavy (non-hydrogen) atoms. The minimum Gasteiger partial charge on any atom is -0.455 e. The Morgan fingerprint density at radius 1 is 0.742 bits per heavy atom. The molecule has 0 aliphatic rings. The maximum Gasteiger partial charge on any atom is 0.150 e. The van der Waals surface area contributed by atoms with Gasteiger partial charge in [-0.3, -0.25) is 0 Å². The monoisotopic (exact) mass is 420 g/mol. The lowest BCUT2D eigenvalue weighted by Crippen LogP contribution is -1.94. The van der Waals surface area contributed by atoms with Crippen molar-refractivity contribution in [2.75, 3.05) is 18.1 Å². The van der Waals surface area contributed by atoms with Gasteiger partial charge in [0.05, 0.1) is 5.69 Å². The maximum absolute atomic E-state index is 8.42. The van der Waals surface area contributed by atoms with Gasteiger partial charge in [0.2, 0.25) is 0 Å². The van der Waals surface area contributed by atoms with E-state index in [1.165, 1.54) is 43.2 Å². The molecule has 0 aromatic heterocycles. The summed E-state index contributed by atoms with van der Waals surface area (Å²) in [6.07, 6.45) is 7.50. The Kier molecular flexibility index (Phi) is 10.5. The van der Waals surface area contributed by atoms with Crippen LogP contribution in [-0.4, -0.2) is 11.7 Å². The van der Waals surface area contributed by atoms with Crippen LogP contribution in [0.5, 0.6) is 11.5 Å². The summed E-state index contributed by atoms with van der Waals surface area (Å²) in [5.41, 5.74) is 16.3. The van der Waals surface area contributed by atoms with Gasteiger partial charge in [0.25, 0.3) is 0 Å². The van der Waals surface area contributed by atoms with Crippen LogP contribution in [0.4, 0.5) is 11.4 Å². The van der Waals surface area contributed by atoms with E-state index in [0.717, 1.165) is 17.7 Å². The molecule has 0 aliphatic carbocycles. The van der Waals surface area contributed by atoms with Gasteiger partial charge in [0.15, 0.2) is 0 Å². The summed E-state index contributed by atoms with van der Waals surface area (Å²) >= 11 is 0. The van der Waals surface area contributed by atoms with Crippen LogP contribution in [0.25, 0.3) is 11.1 Å². The number of unbranched alkanes of at least 4 members (excludes halogenated alkanes) is 5. The Bertz CT molecular complexity index is 884. The molecule has 3 rings (SSSR count). The molecule has 166 valence electrons. The van der Waals surface area contributed by atoms with Crippen LogP contribution in [-0.2, 0) is 0 Å². The van der Waals surface area contributed by atoms with Crippen LogP contribution >= 0.6 is 0 Å². The number of hydrogen-bond donors (Lipinski definition) is 3. The van der Waals surface area contributed by atoms with Gasteiger partial charge in [-0.2, -0.15) is 0 Å². The highest BCUT2D eigenvalue weighted by molar-refractivity contribution is 5.65. The largest absolute Gasteiger partial charge is 0.455 e. The average Bonchev–Trinajstić information content (AvgIpc) is 2.77. The fourth-order valence-corrected chi connectivity index (χ4v) is 3.14. The Labute approximate surface area is 186 Å². The summed E-state index contributed by atoms with van der Waals surface area (Å²) in [5.74, 6) is 1.35. The van der Waals surface area contributed by atoms with Crippen LogP contribution in [0.1, 0.15) is 51.0 Å². The summed E-state index contributed by atoms with van der Waals surface area (Å²) < 4.78 is 5.79. The van der Waals surface area contributed by atoms with Gasteiger partial charge in [-0.15, -0.1) is 0 Å². The average molecular weight is 421 g/mol. The van der Waals surface area contributed by atoms with E-state index in [4.69, 9.17) is 21.3 Å². The van der Waals surface area contributed by atoms with Crippen molar-refractivity contribution >= 4 is 11.4 Å². The first kappa shape index (κ1) is 24.3. The van der Waals surface area contributed by atoms with Crippen LogP contribution in [0, 0.1) is 6.92 Å². The van der Waals surface area contributed by atoms with E-state index in [0.29, 0.717) is 23.7 Å². The number of nitrogen functional groups attached to an aromatic ring is 2. The van der Waals surface area contributed by atoms with Gasteiger partial charge in [-0.05, 0) is 54.8 Å². The molecule has 0 amide bonds. The lowest BCUT2D eigenvalue weighted by Gasteiger charge is -2.10. The molecular weight excluding hydrogens is 384 g/mol. The molecule has 3 aromatic rings. The van der Waals surface area contributed by atoms with E-state index in [-0.39, 0.29) is 0 Å². The molecule has 0 spiro atoms. The number of anilines is 2. The molecule has 0 radical (unpaired) electrons. The predicted molar refractivity (Wildman–Crippen MR) is 132 cm³/mol. The van der Waals surface area contributed by atoms with Crippen molar-refractivity contribution in [2.45, 2.75) is 52.4 Å². The summed E-state index contributed by atoms with van der Waals surface area (Å²) in [5, 5.41) is 8.42. The highest BCUT2D eigenvalue weighted by Gasteiger charge is 2.04. The smallest absolute Gasteiger partial charge is 0.150 e. The number of ether oxygens (including phenoxy) is 1.